The summed E-state index contributed by atoms with van der Waals surface area (Å²) in [7, 11) is 0. The van der Waals surface area contributed by atoms with Crippen LogP contribution < -0.4 is 16.0 Å². The highest BCUT2D eigenvalue weighted by Crippen LogP contribution is 2.29. The molecule has 0 bridgehead atoms. The molecular formula is C21H23BrFN3O4. The van der Waals surface area contributed by atoms with Crippen LogP contribution in [0.5, 0.6) is 0 Å². The molecule has 0 saturated heterocycles. The maximum atomic E-state index is 14.1. The van der Waals surface area contributed by atoms with E-state index in [0.717, 1.165) is 6.07 Å². The van der Waals surface area contributed by atoms with Gasteiger partial charge in [0.1, 0.15) is 17.5 Å². The zero-order valence-electron chi connectivity index (χ0n) is 17.0. The number of hydrogen-bond donors (Lipinski definition) is 3. The van der Waals surface area contributed by atoms with Crippen LogP contribution in [0.1, 0.15) is 38.1 Å². The van der Waals surface area contributed by atoms with Crippen molar-refractivity contribution in [2.24, 2.45) is 0 Å². The standard InChI is InChI=1S/C21H23BrFN3O4/c1-12(24-20(29)30-21(2,3)4)18(27)26-15-11-10-14(23)17(22)16(15)19(28)25-13-8-6-5-7-9-13/h5-12H,1-4H3,(H,24,29)(H,25,28)(H,26,27)/t12-/m0/s1. The van der Waals surface area contributed by atoms with E-state index in [2.05, 4.69) is 31.9 Å². The predicted octanol–water partition coefficient (Wildman–Crippen LogP) is 4.69. The molecule has 0 aliphatic carbocycles. The van der Waals surface area contributed by atoms with Crippen LogP contribution in [0.2, 0.25) is 0 Å². The molecule has 0 aliphatic rings. The Labute approximate surface area is 182 Å². The summed E-state index contributed by atoms with van der Waals surface area (Å²) in [4.78, 5) is 37.1. The van der Waals surface area contributed by atoms with E-state index in [1.54, 1.807) is 51.1 Å². The number of benzene rings is 2. The molecule has 2 aromatic carbocycles. The van der Waals surface area contributed by atoms with Crippen molar-refractivity contribution >= 4 is 45.2 Å². The van der Waals surface area contributed by atoms with Gasteiger partial charge in [0, 0.05) is 5.69 Å². The third-order valence-electron chi connectivity index (χ3n) is 3.74. The first kappa shape index (κ1) is 23.3. The van der Waals surface area contributed by atoms with Crippen molar-refractivity contribution in [2.75, 3.05) is 10.6 Å². The lowest BCUT2D eigenvalue weighted by molar-refractivity contribution is -0.117. The highest BCUT2D eigenvalue weighted by atomic mass is 79.9. The van der Waals surface area contributed by atoms with E-state index >= 15 is 0 Å². The van der Waals surface area contributed by atoms with Gasteiger partial charge in [-0.1, -0.05) is 18.2 Å². The van der Waals surface area contributed by atoms with Gasteiger partial charge in [-0.05, 0) is 67.9 Å². The minimum absolute atomic E-state index is 0.0829. The molecule has 0 aromatic heterocycles. The fraction of sp³-hybridized carbons (Fsp3) is 0.286. The van der Waals surface area contributed by atoms with Gasteiger partial charge in [0.05, 0.1) is 15.7 Å². The average molecular weight is 480 g/mol. The zero-order valence-corrected chi connectivity index (χ0v) is 18.6. The summed E-state index contributed by atoms with van der Waals surface area (Å²) < 4.78 is 19.1. The fourth-order valence-electron chi connectivity index (χ4n) is 2.38. The Balaban J connectivity index is 2.19. The smallest absolute Gasteiger partial charge is 0.408 e. The van der Waals surface area contributed by atoms with Crippen molar-refractivity contribution in [3.05, 3.63) is 58.3 Å². The van der Waals surface area contributed by atoms with E-state index in [0.29, 0.717) is 5.69 Å². The minimum atomic E-state index is -0.964. The van der Waals surface area contributed by atoms with Gasteiger partial charge < -0.3 is 20.7 Å². The lowest BCUT2D eigenvalue weighted by atomic mass is 10.1. The molecule has 1 atom stereocenters. The molecule has 2 aromatic rings. The molecule has 30 heavy (non-hydrogen) atoms. The first-order valence-electron chi connectivity index (χ1n) is 9.12. The van der Waals surface area contributed by atoms with Crippen molar-refractivity contribution < 1.29 is 23.5 Å². The molecule has 0 fully saturated rings. The summed E-state index contributed by atoms with van der Waals surface area (Å²) in [6.07, 6.45) is -0.757. The third kappa shape index (κ3) is 6.55. The molecule has 3 amide bonds. The Morgan fingerprint density at radius 3 is 2.27 bits per heavy atom. The highest BCUT2D eigenvalue weighted by molar-refractivity contribution is 9.10. The molecule has 0 spiro atoms. The molecular weight excluding hydrogens is 457 g/mol. The van der Waals surface area contributed by atoms with Crippen molar-refractivity contribution in [3.63, 3.8) is 0 Å². The minimum Gasteiger partial charge on any atom is -0.444 e. The van der Waals surface area contributed by atoms with Gasteiger partial charge in [-0.15, -0.1) is 0 Å². The molecule has 7 nitrogen and oxygen atoms in total. The first-order chi connectivity index (χ1) is 14.0. The summed E-state index contributed by atoms with van der Waals surface area (Å²) >= 11 is 3.07. The van der Waals surface area contributed by atoms with E-state index in [-0.39, 0.29) is 15.7 Å². The number of anilines is 2. The van der Waals surface area contributed by atoms with Crippen molar-refractivity contribution in [1.29, 1.82) is 0 Å². The van der Waals surface area contributed by atoms with E-state index in [1.165, 1.54) is 13.0 Å². The number of para-hydroxylation sites is 1. The van der Waals surface area contributed by atoms with Crippen LogP contribution in [0.15, 0.2) is 46.9 Å². The second-order valence-electron chi connectivity index (χ2n) is 7.46. The largest absolute Gasteiger partial charge is 0.444 e. The van der Waals surface area contributed by atoms with Crippen LogP contribution in [0.25, 0.3) is 0 Å². The van der Waals surface area contributed by atoms with Crippen LogP contribution in [0, 0.1) is 5.82 Å². The van der Waals surface area contributed by atoms with Crippen LogP contribution in [0.4, 0.5) is 20.6 Å². The molecule has 0 radical (unpaired) electrons. The normalized spacial score (nSPS) is 11.9. The number of alkyl carbamates (subject to hydrolysis) is 1. The average Bonchev–Trinajstić information content (AvgIpc) is 2.63. The number of carbonyl (C=O) groups excluding carboxylic acids is 3. The van der Waals surface area contributed by atoms with E-state index in [4.69, 9.17) is 4.74 Å². The Kier molecular flexibility index (Phi) is 7.55. The number of ether oxygens (including phenoxy) is 1. The number of hydrogen-bond acceptors (Lipinski definition) is 4. The first-order valence-corrected chi connectivity index (χ1v) is 9.92. The SMILES string of the molecule is C[C@H](NC(=O)OC(C)(C)C)C(=O)Nc1ccc(F)c(Br)c1C(=O)Nc1ccccc1. The van der Waals surface area contributed by atoms with Gasteiger partial charge in [0.25, 0.3) is 5.91 Å². The summed E-state index contributed by atoms with van der Waals surface area (Å²) in [5, 5.41) is 7.61. The molecule has 0 saturated carbocycles. The summed E-state index contributed by atoms with van der Waals surface area (Å²) in [5.74, 6) is -1.88. The van der Waals surface area contributed by atoms with Gasteiger partial charge in [-0.25, -0.2) is 9.18 Å². The molecule has 3 N–H and O–H groups in total. The van der Waals surface area contributed by atoms with Gasteiger partial charge in [-0.2, -0.15) is 0 Å². The molecule has 0 heterocycles. The summed E-state index contributed by atoms with van der Waals surface area (Å²) in [6.45, 7) is 6.56. The fourth-order valence-corrected chi connectivity index (χ4v) is 2.91. The lowest BCUT2D eigenvalue weighted by Gasteiger charge is -2.22. The third-order valence-corrected chi connectivity index (χ3v) is 4.51. The molecule has 9 heteroatoms. The second-order valence-corrected chi connectivity index (χ2v) is 8.25. The Morgan fingerprint density at radius 1 is 1.03 bits per heavy atom. The van der Waals surface area contributed by atoms with E-state index in [9.17, 15) is 18.8 Å². The predicted molar refractivity (Wildman–Crippen MR) is 116 cm³/mol. The van der Waals surface area contributed by atoms with Crippen molar-refractivity contribution in [2.45, 2.75) is 39.3 Å². The lowest BCUT2D eigenvalue weighted by Crippen LogP contribution is -2.44. The van der Waals surface area contributed by atoms with Crippen LogP contribution in [-0.4, -0.2) is 29.6 Å². The van der Waals surface area contributed by atoms with Crippen LogP contribution in [0.3, 0.4) is 0 Å². The Hall–Kier alpha value is -2.94. The molecule has 0 unspecified atom stereocenters. The van der Waals surface area contributed by atoms with Gasteiger partial charge in [0.2, 0.25) is 5.91 Å². The second kappa shape index (κ2) is 9.71. The van der Waals surface area contributed by atoms with E-state index < -0.39 is 35.4 Å². The van der Waals surface area contributed by atoms with Crippen LogP contribution in [-0.2, 0) is 9.53 Å². The maximum Gasteiger partial charge on any atom is 0.408 e. The topological polar surface area (TPSA) is 96.5 Å². The van der Waals surface area contributed by atoms with Gasteiger partial charge in [0.15, 0.2) is 0 Å². The number of nitrogens with one attached hydrogen (secondary N) is 3. The quantitative estimate of drug-likeness (QED) is 0.579. The number of rotatable bonds is 5. The van der Waals surface area contributed by atoms with Crippen molar-refractivity contribution in [3.8, 4) is 0 Å². The number of halogens is 2. The number of carbonyl (C=O) groups is 3. The monoisotopic (exact) mass is 479 g/mol. The maximum absolute atomic E-state index is 14.1. The highest BCUT2D eigenvalue weighted by Gasteiger charge is 2.24. The van der Waals surface area contributed by atoms with Gasteiger partial charge in [-0.3, -0.25) is 9.59 Å². The zero-order chi connectivity index (χ0) is 22.5. The summed E-state index contributed by atoms with van der Waals surface area (Å²) in [6, 6.07) is 10.0. The molecule has 160 valence electrons. The van der Waals surface area contributed by atoms with Gasteiger partial charge >= 0.3 is 6.09 Å². The Bertz CT molecular complexity index is 945. The number of amides is 3. The molecule has 0 aliphatic heterocycles. The molecule has 2 rings (SSSR count). The summed E-state index contributed by atoms with van der Waals surface area (Å²) in [5.41, 5.74) is -0.211. The van der Waals surface area contributed by atoms with Crippen molar-refractivity contribution in [1.82, 2.24) is 5.32 Å². The Morgan fingerprint density at radius 2 is 1.67 bits per heavy atom. The van der Waals surface area contributed by atoms with Crippen LogP contribution >= 0.6 is 15.9 Å². The van der Waals surface area contributed by atoms with E-state index in [1.807, 2.05) is 0 Å².